The molecule has 1 aromatic carbocycles. The molecule has 33 heavy (non-hydrogen) atoms. The highest BCUT2D eigenvalue weighted by Crippen LogP contribution is 2.27. The average molecular weight is 456 g/mol. The maximum Gasteiger partial charge on any atom is 0.254 e. The number of amides is 2. The number of rotatable bonds is 7. The molecule has 0 bridgehead atoms. The standard InChI is InChI=1S/C25H33N3O5/c1-31-22-14-19(15-23(16-22)32-2)25(30)28-11-7-20(8-12-28)27-9-5-18(6-10-27)24(29)26-17-21-4-3-13-33-21/h3-4,13-16,18,20H,5-12,17H2,1-2H3,(H,26,29). The van der Waals surface area contributed by atoms with Crippen molar-refractivity contribution in [2.24, 2.45) is 5.92 Å². The molecule has 2 aromatic rings. The SMILES string of the molecule is COc1cc(OC)cc(C(=O)N2CCC(N3CCC(C(=O)NCc4ccco4)CC3)CC2)c1. The van der Waals surface area contributed by atoms with E-state index in [0.717, 1.165) is 57.6 Å². The van der Waals surface area contributed by atoms with Gasteiger partial charge in [-0.15, -0.1) is 0 Å². The van der Waals surface area contributed by atoms with Crippen molar-refractivity contribution < 1.29 is 23.5 Å². The second kappa shape index (κ2) is 10.7. The highest BCUT2D eigenvalue weighted by Gasteiger charge is 2.32. The van der Waals surface area contributed by atoms with Crippen LogP contribution >= 0.6 is 0 Å². The van der Waals surface area contributed by atoms with Crippen LogP contribution in [0.4, 0.5) is 0 Å². The molecule has 2 amide bonds. The quantitative estimate of drug-likeness (QED) is 0.691. The molecule has 2 saturated heterocycles. The molecule has 8 nitrogen and oxygen atoms in total. The summed E-state index contributed by atoms with van der Waals surface area (Å²) in [5.74, 6) is 2.18. The minimum Gasteiger partial charge on any atom is -0.497 e. The largest absolute Gasteiger partial charge is 0.497 e. The molecule has 0 radical (unpaired) electrons. The van der Waals surface area contributed by atoms with E-state index in [9.17, 15) is 9.59 Å². The minimum atomic E-state index is 0.0117. The highest BCUT2D eigenvalue weighted by molar-refractivity contribution is 5.95. The molecule has 2 aliphatic rings. The van der Waals surface area contributed by atoms with Gasteiger partial charge < -0.3 is 29.0 Å². The predicted octanol–water partition coefficient (Wildman–Crippen LogP) is 2.93. The van der Waals surface area contributed by atoms with Gasteiger partial charge in [-0.25, -0.2) is 0 Å². The van der Waals surface area contributed by atoms with E-state index in [0.29, 0.717) is 29.6 Å². The zero-order chi connectivity index (χ0) is 23.2. The zero-order valence-electron chi connectivity index (χ0n) is 19.4. The Hall–Kier alpha value is -3.00. The van der Waals surface area contributed by atoms with E-state index in [1.54, 1.807) is 38.7 Å². The molecule has 0 unspecified atom stereocenters. The van der Waals surface area contributed by atoms with Crippen molar-refractivity contribution in [1.29, 1.82) is 0 Å². The summed E-state index contributed by atoms with van der Waals surface area (Å²) >= 11 is 0. The molecular weight excluding hydrogens is 422 g/mol. The topological polar surface area (TPSA) is 84.2 Å². The van der Waals surface area contributed by atoms with Crippen LogP contribution in [-0.2, 0) is 11.3 Å². The Labute approximate surface area is 194 Å². The van der Waals surface area contributed by atoms with Crippen LogP contribution in [0.1, 0.15) is 41.8 Å². The first kappa shape index (κ1) is 23.2. The van der Waals surface area contributed by atoms with Crippen LogP contribution in [0, 0.1) is 5.92 Å². The Morgan fingerprint density at radius 2 is 1.67 bits per heavy atom. The van der Waals surface area contributed by atoms with Gasteiger partial charge >= 0.3 is 0 Å². The van der Waals surface area contributed by atoms with Crippen LogP contribution in [0.2, 0.25) is 0 Å². The third-order valence-corrected chi connectivity index (χ3v) is 6.78. The molecule has 8 heteroatoms. The lowest BCUT2D eigenvalue weighted by Gasteiger charge is -2.41. The Morgan fingerprint density at radius 3 is 2.24 bits per heavy atom. The first-order chi connectivity index (χ1) is 16.1. The monoisotopic (exact) mass is 455 g/mol. The number of carbonyl (C=O) groups excluding carboxylic acids is 2. The van der Waals surface area contributed by atoms with E-state index in [-0.39, 0.29) is 17.7 Å². The zero-order valence-corrected chi connectivity index (χ0v) is 19.4. The van der Waals surface area contributed by atoms with Gasteiger partial charge in [-0.05, 0) is 63.0 Å². The lowest BCUT2D eigenvalue weighted by molar-refractivity contribution is -0.127. The van der Waals surface area contributed by atoms with Crippen molar-refractivity contribution in [2.75, 3.05) is 40.4 Å². The molecule has 2 aliphatic heterocycles. The summed E-state index contributed by atoms with van der Waals surface area (Å²) in [5, 5.41) is 2.99. The van der Waals surface area contributed by atoms with Crippen LogP contribution in [0.25, 0.3) is 0 Å². The van der Waals surface area contributed by atoms with Gasteiger partial charge in [-0.3, -0.25) is 9.59 Å². The molecule has 178 valence electrons. The third kappa shape index (κ3) is 5.68. The van der Waals surface area contributed by atoms with E-state index in [1.807, 2.05) is 17.0 Å². The molecule has 0 spiro atoms. The van der Waals surface area contributed by atoms with Crippen LogP contribution < -0.4 is 14.8 Å². The number of likely N-dealkylation sites (tertiary alicyclic amines) is 2. The number of benzene rings is 1. The molecular formula is C25H33N3O5. The van der Waals surface area contributed by atoms with Gasteiger partial charge in [0.1, 0.15) is 17.3 Å². The van der Waals surface area contributed by atoms with Crippen LogP contribution in [-0.4, -0.2) is 68.1 Å². The lowest BCUT2D eigenvalue weighted by Crippen LogP contribution is -2.50. The number of hydrogen-bond donors (Lipinski definition) is 1. The van der Waals surface area contributed by atoms with Gasteiger partial charge in [0.05, 0.1) is 27.0 Å². The molecule has 3 heterocycles. The smallest absolute Gasteiger partial charge is 0.254 e. The average Bonchev–Trinajstić information content (AvgIpc) is 3.40. The normalized spacial score (nSPS) is 18.2. The molecule has 0 aliphatic carbocycles. The second-order valence-corrected chi connectivity index (χ2v) is 8.73. The Morgan fingerprint density at radius 1 is 1.00 bits per heavy atom. The summed E-state index contributed by atoms with van der Waals surface area (Å²) in [6.07, 6.45) is 5.25. The number of methoxy groups -OCH3 is 2. The Kier molecular flexibility index (Phi) is 7.54. The van der Waals surface area contributed by atoms with Crippen LogP contribution in [0.3, 0.4) is 0 Å². The number of hydrogen-bond acceptors (Lipinski definition) is 6. The summed E-state index contributed by atoms with van der Waals surface area (Å²) in [4.78, 5) is 29.9. The molecule has 1 N–H and O–H groups in total. The van der Waals surface area contributed by atoms with Crippen molar-refractivity contribution in [3.8, 4) is 11.5 Å². The number of nitrogens with zero attached hydrogens (tertiary/aromatic N) is 2. The van der Waals surface area contributed by atoms with E-state index >= 15 is 0 Å². The number of nitrogens with one attached hydrogen (secondary N) is 1. The third-order valence-electron chi connectivity index (χ3n) is 6.78. The van der Waals surface area contributed by atoms with Crippen molar-refractivity contribution in [1.82, 2.24) is 15.1 Å². The maximum absolute atomic E-state index is 13.0. The summed E-state index contributed by atoms with van der Waals surface area (Å²) in [6.45, 7) is 3.74. The molecule has 0 atom stereocenters. The van der Waals surface area contributed by atoms with Crippen LogP contribution in [0.5, 0.6) is 11.5 Å². The molecule has 0 saturated carbocycles. The fraction of sp³-hybridized carbons (Fsp3) is 0.520. The van der Waals surface area contributed by atoms with E-state index in [2.05, 4.69) is 10.2 Å². The highest BCUT2D eigenvalue weighted by atomic mass is 16.5. The van der Waals surface area contributed by atoms with Gasteiger partial charge in [0, 0.05) is 36.7 Å². The van der Waals surface area contributed by atoms with Crippen molar-refractivity contribution in [3.05, 3.63) is 47.9 Å². The van der Waals surface area contributed by atoms with Gasteiger partial charge in [0.2, 0.25) is 5.91 Å². The maximum atomic E-state index is 13.0. The molecule has 2 fully saturated rings. The van der Waals surface area contributed by atoms with E-state index < -0.39 is 0 Å². The van der Waals surface area contributed by atoms with Gasteiger partial charge in [0.15, 0.2) is 0 Å². The summed E-state index contributed by atoms with van der Waals surface area (Å²) < 4.78 is 15.9. The van der Waals surface area contributed by atoms with Gasteiger partial charge in [-0.2, -0.15) is 0 Å². The first-order valence-corrected chi connectivity index (χ1v) is 11.6. The number of carbonyl (C=O) groups is 2. The van der Waals surface area contributed by atoms with Gasteiger partial charge in [-0.1, -0.05) is 0 Å². The number of piperidine rings is 2. The lowest BCUT2D eigenvalue weighted by atomic mass is 9.92. The summed E-state index contributed by atoms with van der Waals surface area (Å²) in [7, 11) is 3.17. The fourth-order valence-electron chi connectivity index (χ4n) is 4.81. The first-order valence-electron chi connectivity index (χ1n) is 11.6. The minimum absolute atomic E-state index is 0.0117. The summed E-state index contributed by atoms with van der Waals surface area (Å²) in [5.41, 5.74) is 0.589. The van der Waals surface area contributed by atoms with Crippen molar-refractivity contribution in [3.63, 3.8) is 0 Å². The van der Waals surface area contributed by atoms with Crippen molar-refractivity contribution in [2.45, 2.75) is 38.3 Å². The fourth-order valence-corrected chi connectivity index (χ4v) is 4.81. The summed E-state index contributed by atoms with van der Waals surface area (Å²) in [6, 6.07) is 9.44. The van der Waals surface area contributed by atoms with Crippen molar-refractivity contribution >= 4 is 11.8 Å². The Bertz CT molecular complexity index is 907. The number of furan rings is 1. The number of ether oxygens (including phenoxy) is 2. The van der Waals surface area contributed by atoms with Gasteiger partial charge in [0.25, 0.3) is 5.91 Å². The molecule has 4 rings (SSSR count). The molecule has 1 aromatic heterocycles. The van der Waals surface area contributed by atoms with E-state index in [4.69, 9.17) is 13.9 Å². The van der Waals surface area contributed by atoms with Crippen LogP contribution in [0.15, 0.2) is 41.0 Å². The second-order valence-electron chi connectivity index (χ2n) is 8.73. The predicted molar refractivity (Wildman–Crippen MR) is 123 cm³/mol. The Balaban J connectivity index is 1.23. The van der Waals surface area contributed by atoms with E-state index in [1.165, 1.54) is 0 Å².